The molecule has 3 atom stereocenters. The normalized spacial score (nSPS) is 22.0. The summed E-state index contributed by atoms with van der Waals surface area (Å²) >= 11 is 19.0. The lowest BCUT2D eigenvalue weighted by molar-refractivity contribution is -0.142. The molecule has 2 unspecified atom stereocenters. The van der Waals surface area contributed by atoms with Crippen LogP contribution >= 0.6 is 34.8 Å². The first-order valence-corrected chi connectivity index (χ1v) is 13.1. The molecule has 5 nitrogen and oxygen atoms in total. The van der Waals surface area contributed by atoms with Gasteiger partial charge in [-0.05, 0) is 87.5 Å². The van der Waals surface area contributed by atoms with E-state index in [1.807, 2.05) is 18.2 Å². The molecule has 34 heavy (non-hydrogen) atoms. The molecule has 0 spiro atoms. The fourth-order valence-corrected chi connectivity index (χ4v) is 5.99. The number of hydrogen-bond acceptors (Lipinski definition) is 4. The highest BCUT2D eigenvalue weighted by Crippen LogP contribution is 2.36. The molecule has 4 rings (SSSR count). The van der Waals surface area contributed by atoms with Gasteiger partial charge in [0.15, 0.2) is 0 Å². The van der Waals surface area contributed by atoms with Crippen LogP contribution in [0.15, 0.2) is 36.4 Å². The minimum Gasteiger partial charge on any atom is -0.480 e. The van der Waals surface area contributed by atoms with Gasteiger partial charge < -0.3 is 10.4 Å². The second-order valence-electron chi connectivity index (χ2n) is 9.53. The van der Waals surface area contributed by atoms with Gasteiger partial charge in [0, 0.05) is 29.2 Å². The first kappa shape index (κ1) is 25.6. The number of aliphatic carboxylic acids is 1. The van der Waals surface area contributed by atoms with Gasteiger partial charge in [-0.15, -0.1) is 0 Å². The molecule has 2 N–H and O–H groups in total. The van der Waals surface area contributed by atoms with Crippen molar-refractivity contribution in [3.8, 4) is 0 Å². The van der Waals surface area contributed by atoms with Crippen molar-refractivity contribution < 1.29 is 9.90 Å². The number of nitrogens with one attached hydrogen (secondary N) is 1. The maximum Gasteiger partial charge on any atom is 0.320 e. The predicted octanol–water partition coefficient (Wildman–Crippen LogP) is 6.55. The van der Waals surface area contributed by atoms with Crippen LogP contribution in [0.25, 0.3) is 0 Å². The minimum atomic E-state index is -0.737. The lowest BCUT2D eigenvalue weighted by atomic mass is 9.88. The summed E-state index contributed by atoms with van der Waals surface area (Å²) in [7, 11) is 0. The summed E-state index contributed by atoms with van der Waals surface area (Å²) in [5.41, 5.74) is 3.19. The van der Waals surface area contributed by atoms with Crippen LogP contribution in [0.2, 0.25) is 15.1 Å². The molecule has 0 saturated carbocycles. The molecule has 0 bridgehead atoms. The van der Waals surface area contributed by atoms with E-state index in [2.05, 4.69) is 34.2 Å². The number of carboxylic acids is 1. The Kier molecular flexibility index (Phi) is 8.32. The van der Waals surface area contributed by atoms with Crippen LogP contribution in [0, 0.1) is 0 Å². The standard InChI is InChI=1S/C26H32Cl3N3O2/c1-16(22-5-4-20(27)14-24(22)29)30-25-13-19(3-6-23(25)28)18-7-10-31(11-8-18)21-9-12-32(15-21)17(2)26(33)34/h3-6,13-14,16-18,21,30H,7-12,15H2,1-2H3,(H,33,34)/t16-,17?,21?/m1/s1. The molecule has 0 aliphatic carbocycles. The van der Waals surface area contributed by atoms with Gasteiger partial charge in [-0.2, -0.15) is 0 Å². The number of benzene rings is 2. The monoisotopic (exact) mass is 523 g/mol. The zero-order valence-electron chi connectivity index (χ0n) is 19.6. The Morgan fingerprint density at radius 1 is 1.00 bits per heavy atom. The fraction of sp³-hybridized carbons (Fsp3) is 0.500. The highest BCUT2D eigenvalue weighted by molar-refractivity contribution is 6.35. The Balaban J connectivity index is 1.37. The maximum absolute atomic E-state index is 11.3. The average Bonchev–Trinajstić information content (AvgIpc) is 3.30. The Labute approximate surface area is 217 Å². The van der Waals surface area contributed by atoms with Crippen molar-refractivity contribution in [1.82, 2.24) is 9.80 Å². The molecule has 2 fully saturated rings. The third-order valence-electron chi connectivity index (χ3n) is 7.41. The van der Waals surface area contributed by atoms with E-state index in [0.717, 1.165) is 56.7 Å². The molecule has 0 amide bonds. The van der Waals surface area contributed by atoms with Crippen molar-refractivity contribution in [1.29, 1.82) is 0 Å². The minimum absolute atomic E-state index is 0.0159. The van der Waals surface area contributed by atoms with Crippen LogP contribution in [0.1, 0.15) is 56.2 Å². The van der Waals surface area contributed by atoms with Gasteiger partial charge in [-0.3, -0.25) is 14.6 Å². The molecule has 0 radical (unpaired) electrons. The second-order valence-corrected chi connectivity index (χ2v) is 10.8. The van der Waals surface area contributed by atoms with E-state index in [9.17, 15) is 9.90 Å². The summed E-state index contributed by atoms with van der Waals surface area (Å²) in [6.07, 6.45) is 3.22. The molecular weight excluding hydrogens is 493 g/mol. The summed E-state index contributed by atoms with van der Waals surface area (Å²) in [6.45, 7) is 7.62. The largest absolute Gasteiger partial charge is 0.480 e. The number of halogens is 3. The number of hydrogen-bond donors (Lipinski definition) is 2. The molecule has 2 heterocycles. The third-order valence-corrected chi connectivity index (χ3v) is 8.30. The quantitative estimate of drug-likeness (QED) is 0.430. The first-order chi connectivity index (χ1) is 16.2. The molecule has 2 aromatic rings. The highest BCUT2D eigenvalue weighted by atomic mass is 35.5. The summed E-state index contributed by atoms with van der Waals surface area (Å²) < 4.78 is 0. The van der Waals surface area contributed by atoms with Crippen molar-refractivity contribution in [2.75, 3.05) is 31.5 Å². The SMILES string of the molecule is CC(C(=O)O)N1CCC(N2CCC(c3ccc(Cl)c(N[C@H](C)c4ccc(Cl)cc4Cl)c3)CC2)C1. The molecule has 2 saturated heterocycles. The smallest absolute Gasteiger partial charge is 0.320 e. The summed E-state index contributed by atoms with van der Waals surface area (Å²) in [5, 5.41) is 14.8. The average molecular weight is 525 g/mol. The number of carboxylic acid groups (broad SMARTS) is 1. The Bertz CT molecular complexity index is 1030. The van der Waals surface area contributed by atoms with Gasteiger partial charge >= 0.3 is 5.97 Å². The van der Waals surface area contributed by atoms with Crippen molar-refractivity contribution in [3.63, 3.8) is 0 Å². The van der Waals surface area contributed by atoms with Gasteiger partial charge in [-0.25, -0.2) is 0 Å². The van der Waals surface area contributed by atoms with E-state index in [0.29, 0.717) is 27.0 Å². The molecule has 0 aromatic heterocycles. The van der Waals surface area contributed by atoms with Crippen LogP contribution in [0.4, 0.5) is 5.69 Å². The maximum atomic E-state index is 11.3. The predicted molar refractivity (Wildman–Crippen MR) is 141 cm³/mol. The van der Waals surface area contributed by atoms with Gasteiger partial charge in [0.25, 0.3) is 0 Å². The van der Waals surface area contributed by atoms with Crippen molar-refractivity contribution in [3.05, 3.63) is 62.6 Å². The van der Waals surface area contributed by atoms with E-state index >= 15 is 0 Å². The second kappa shape index (κ2) is 11.0. The Morgan fingerprint density at radius 2 is 1.74 bits per heavy atom. The van der Waals surface area contributed by atoms with Crippen LogP contribution in [-0.4, -0.2) is 59.1 Å². The van der Waals surface area contributed by atoms with E-state index < -0.39 is 12.0 Å². The van der Waals surface area contributed by atoms with Gasteiger partial charge in [-0.1, -0.05) is 46.9 Å². The molecule has 184 valence electrons. The van der Waals surface area contributed by atoms with E-state index in [4.69, 9.17) is 34.8 Å². The first-order valence-electron chi connectivity index (χ1n) is 11.9. The Morgan fingerprint density at radius 3 is 2.41 bits per heavy atom. The molecule has 2 aromatic carbocycles. The van der Waals surface area contributed by atoms with Crippen LogP contribution in [-0.2, 0) is 4.79 Å². The third kappa shape index (κ3) is 5.83. The van der Waals surface area contributed by atoms with Crippen molar-refractivity contribution in [2.24, 2.45) is 0 Å². The molecular formula is C26H32Cl3N3O2. The van der Waals surface area contributed by atoms with Crippen molar-refractivity contribution >= 4 is 46.5 Å². The fourth-order valence-electron chi connectivity index (χ4n) is 5.24. The van der Waals surface area contributed by atoms with Gasteiger partial charge in [0.1, 0.15) is 6.04 Å². The summed E-state index contributed by atoms with van der Waals surface area (Å²) in [6, 6.07) is 11.9. The lowest BCUT2D eigenvalue weighted by Crippen LogP contribution is -2.44. The zero-order valence-corrected chi connectivity index (χ0v) is 21.9. The lowest BCUT2D eigenvalue weighted by Gasteiger charge is -2.36. The number of piperidine rings is 1. The topological polar surface area (TPSA) is 55.8 Å². The highest BCUT2D eigenvalue weighted by Gasteiger charge is 2.34. The number of likely N-dealkylation sites (tertiary alicyclic amines) is 2. The Hall–Kier alpha value is -1.50. The number of nitrogens with zero attached hydrogens (tertiary/aromatic N) is 2. The number of anilines is 1. The van der Waals surface area contributed by atoms with Crippen LogP contribution in [0.5, 0.6) is 0 Å². The van der Waals surface area contributed by atoms with Gasteiger partial charge in [0.05, 0.1) is 16.8 Å². The number of rotatable bonds is 7. The molecule has 2 aliphatic heterocycles. The van der Waals surface area contributed by atoms with Crippen LogP contribution < -0.4 is 5.32 Å². The van der Waals surface area contributed by atoms with Crippen molar-refractivity contribution in [2.45, 2.75) is 57.2 Å². The molecule has 2 aliphatic rings. The van der Waals surface area contributed by atoms with Gasteiger partial charge in [0.2, 0.25) is 0 Å². The zero-order chi connectivity index (χ0) is 24.4. The number of carbonyl (C=O) groups is 1. The van der Waals surface area contributed by atoms with E-state index in [1.54, 1.807) is 13.0 Å². The summed E-state index contributed by atoms with van der Waals surface area (Å²) in [4.78, 5) is 16.0. The molecule has 8 heteroatoms. The van der Waals surface area contributed by atoms with E-state index in [-0.39, 0.29) is 6.04 Å². The summed E-state index contributed by atoms with van der Waals surface area (Å²) in [5.74, 6) is -0.252. The van der Waals surface area contributed by atoms with E-state index in [1.165, 1.54) is 5.56 Å². The van der Waals surface area contributed by atoms with Crippen LogP contribution in [0.3, 0.4) is 0 Å².